The van der Waals surface area contributed by atoms with E-state index in [1.165, 1.54) is 10.6 Å². The summed E-state index contributed by atoms with van der Waals surface area (Å²) in [5, 5.41) is 0. The largest absolute Gasteiger partial charge is 0.338 e. The number of carbonyl (C=O) groups excluding carboxylic acids is 1. The van der Waals surface area contributed by atoms with Crippen molar-refractivity contribution in [2.45, 2.75) is 39.7 Å². The van der Waals surface area contributed by atoms with E-state index in [0.717, 1.165) is 55.2 Å². The van der Waals surface area contributed by atoms with Crippen molar-refractivity contribution in [1.82, 2.24) is 19.4 Å². The van der Waals surface area contributed by atoms with E-state index in [-0.39, 0.29) is 5.91 Å². The lowest BCUT2D eigenvalue weighted by atomic mass is 9.93. The number of aryl methyl sites for hydroxylation is 2. The molecule has 5 nitrogen and oxygen atoms in total. The Kier molecular flexibility index (Phi) is 5.57. The number of nitrogens with zero attached hydrogens (tertiary/aromatic N) is 4. The van der Waals surface area contributed by atoms with Crippen molar-refractivity contribution in [1.29, 1.82) is 0 Å². The van der Waals surface area contributed by atoms with Crippen LogP contribution in [0.4, 0.5) is 0 Å². The van der Waals surface area contributed by atoms with E-state index in [0.29, 0.717) is 5.92 Å². The SMILES string of the molecule is Cc1ccc(C(=O)N2CCC(CCn3c(C)cnc3-c3cccnc3)CC2)s1. The quantitative estimate of drug-likeness (QED) is 0.637. The van der Waals surface area contributed by atoms with Crippen LogP contribution < -0.4 is 0 Å². The van der Waals surface area contributed by atoms with Gasteiger partial charge in [0.05, 0.1) is 4.88 Å². The number of rotatable bonds is 5. The highest BCUT2D eigenvalue weighted by Crippen LogP contribution is 2.26. The van der Waals surface area contributed by atoms with Crippen LogP contribution in [0.25, 0.3) is 11.4 Å². The molecule has 0 unspecified atom stereocenters. The van der Waals surface area contributed by atoms with Crippen LogP contribution in [0.15, 0.2) is 42.9 Å². The van der Waals surface area contributed by atoms with E-state index in [2.05, 4.69) is 27.5 Å². The Morgan fingerprint density at radius 2 is 2.00 bits per heavy atom. The normalized spacial score (nSPS) is 15.1. The molecule has 3 aromatic rings. The molecule has 0 radical (unpaired) electrons. The predicted molar refractivity (Wildman–Crippen MR) is 112 cm³/mol. The van der Waals surface area contributed by atoms with Gasteiger partial charge in [0.15, 0.2) is 0 Å². The van der Waals surface area contributed by atoms with Crippen LogP contribution in [0.2, 0.25) is 0 Å². The number of hydrogen-bond acceptors (Lipinski definition) is 4. The number of thiophene rings is 1. The molecule has 4 heterocycles. The molecule has 0 N–H and O–H groups in total. The van der Waals surface area contributed by atoms with Crippen LogP contribution in [0.1, 0.15) is 39.5 Å². The summed E-state index contributed by atoms with van der Waals surface area (Å²) >= 11 is 1.59. The molecular formula is C22H26N4OS. The van der Waals surface area contributed by atoms with Gasteiger partial charge < -0.3 is 9.47 Å². The van der Waals surface area contributed by atoms with Gasteiger partial charge in [0.25, 0.3) is 5.91 Å². The maximum atomic E-state index is 12.6. The van der Waals surface area contributed by atoms with Crippen LogP contribution in [-0.4, -0.2) is 38.4 Å². The van der Waals surface area contributed by atoms with E-state index in [9.17, 15) is 4.79 Å². The summed E-state index contributed by atoms with van der Waals surface area (Å²) in [4.78, 5) is 25.5. The molecule has 0 aromatic carbocycles. The van der Waals surface area contributed by atoms with Gasteiger partial charge in [-0.05, 0) is 63.3 Å². The van der Waals surface area contributed by atoms with E-state index in [1.54, 1.807) is 17.5 Å². The number of hydrogen-bond donors (Lipinski definition) is 0. The highest BCUT2D eigenvalue weighted by molar-refractivity contribution is 7.13. The lowest BCUT2D eigenvalue weighted by molar-refractivity contribution is 0.0690. The first-order valence-corrected chi connectivity index (χ1v) is 10.7. The van der Waals surface area contributed by atoms with E-state index >= 15 is 0 Å². The number of aromatic nitrogens is 3. The predicted octanol–water partition coefficient (Wildman–Crippen LogP) is 4.57. The number of piperidine rings is 1. The molecular weight excluding hydrogens is 368 g/mol. The minimum absolute atomic E-state index is 0.195. The molecule has 0 aliphatic carbocycles. The first-order valence-electron chi connectivity index (χ1n) is 9.90. The van der Waals surface area contributed by atoms with Crippen LogP contribution in [0, 0.1) is 19.8 Å². The van der Waals surface area contributed by atoms with Crippen LogP contribution in [0.5, 0.6) is 0 Å². The fraction of sp³-hybridized carbons (Fsp3) is 0.409. The third-order valence-corrected chi connectivity index (χ3v) is 6.58. The van der Waals surface area contributed by atoms with Crippen molar-refractivity contribution in [3.05, 3.63) is 58.3 Å². The smallest absolute Gasteiger partial charge is 0.263 e. The molecule has 1 amide bonds. The Hall–Kier alpha value is -2.47. The fourth-order valence-corrected chi connectivity index (χ4v) is 4.75. The van der Waals surface area contributed by atoms with Gasteiger partial charge in [0.2, 0.25) is 0 Å². The lowest BCUT2D eigenvalue weighted by Gasteiger charge is -2.32. The molecule has 146 valence electrons. The van der Waals surface area contributed by atoms with Gasteiger partial charge in [0.1, 0.15) is 5.82 Å². The second-order valence-electron chi connectivity index (χ2n) is 7.55. The summed E-state index contributed by atoms with van der Waals surface area (Å²) in [6, 6.07) is 7.99. The molecule has 3 aromatic heterocycles. The van der Waals surface area contributed by atoms with Gasteiger partial charge in [0, 0.05) is 54.4 Å². The Balaban J connectivity index is 1.34. The minimum Gasteiger partial charge on any atom is -0.338 e. The number of pyridine rings is 1. The first kappa shape index (κ1) is 18.9. The summed E-state index contributed by atoms with van der Waals surface area (Å²) in [5.74, 6) is 1.84. The van der Waals surface area contributed by atoms with Crippen LogP contribution in [-0.2, 0) is 6.54 Å². The highest BCUT2D eigenvalue weighted by Gasteiger charge is 2.24. The molecule has 1 aliphatic heterocycles. The number of amides is 1. The number of imidazole rings is 1. The standard InChI is InChI=1S/C22H26N4OS/c1-16-14-24-21(19-4-3-10-23-15-19)26(16)13-9-18-7-11-25(12-8-18)22(27)20-6-5-17(2)28-20/h3-6,10,14-15,18H,7-9,11-13H2,1-2H3. The zero-order valence-electron chi connectivity index (χ0n) is 16.5. The average Bonchev–Trinajstić information content (AvgIpc) is 3.32. The summed E-state index contributed by atoms with van der Waals surface area (Å²) in [7, 11) is 0. The highest BCUT2D eigenvalue weighted by atomic mass is 32.1. The fourth-order valence-electron chi connectivity index (χ4n) is 3.91. The summed E-state index contributed by atoms with van der Waals surface area (Å²) in [5.41, 5.74) is 2.24. The minimum atomic E-state index is 0.195. The van der Waals surface area contributed by atoms with Gasteiger partial charge in [-0.2, -0.15) is 0 Å². The molecule has 0 spiro atoms. The molecule has 0 bridgehead atoms. The van der Waals surface area contributed by atoms with Crippen molar-refractivity contribution in [3.63, 3.8) is 0 Å². The topological polar surface area (TPSA) is 51.0 Å². The maximum Gasteiger partial charge on any atom is 0.263 e. The summed E-state index contributed by atoms with van der Waals surface area (Å²) in [6.07, 6.45) is 8.86. The maximum absolute atomic E-state index is 12.6. The zero-order chi connectivity index (χ0) is 19.5. The average molecular weight is 395 g/mol. The second kappa shape index (κ2) is 8.27. The molecule has 1 saturated heterocycles. The molecule has 1 fully saturated rings. The van der Waals surface area contributed by atoms with Crippen molar-refractivity contribution < 1.29 is 4.79 Å². The first-order chi connectivity index (χ1) is 13.6. The van der Waals surface area contributed by atoms with Crippen LogP contribution >= 0.6 is 11.3 Å². The van der Waals surface area contributed by atoms with Crippen molar-refractivity contribution in [2.75, 3.05) is 13.1 Å². The second-order valence-corrected chi connectivity index (χ2v) is 8.84. The Bertz CT molecular complexity index is 939. The molecule has 28 heavy (non-hydrogen) atoms. The van der Waals surface area contributed by atoms with Crippen molar-refractivity contribution >= 4 is 17.2 Å². The third kappa shape index (κ3) is 4.02. The summed E-state index contributed by atoms with van der Waals surface area (Å²) in [6.45, 7) is 6.83. The molecule has 4 rings (SSSR count). The molecule has 6 heteroatoms. The zero-order valence-corrected chi connectivity index (χ0v) is 17.3. The Morgan fingerprint density at radius 3 is 2.68 bits per heavy atom. The van der Waals surface area contributed by atoms with Crippen molar-refractivity contribution in [3.8, 4) is 11.4 Å². The third-order valence-electron chi connectivity index (χ3n) is 5.59. The van der Waals surface area contributed by atoms with Gasteiger partial charge >= 0.3 is 0 Å². The van der Waals surface area contributed by atoms with Gasteiger partial charge in [-0.25, -0.2) is 4.98 Å². The monoisotopic (exact) mass is 394 g/mol. The Labute approximate surface area is 170 Å². The van der Waals surface area contributed by atoms with Crippen molar-refractivity contribution in [2.24, 2.45) is 5.92 Å². The number of carbonyl (C=O) groups is 1. The van der Waals surface area contributed by atoms with Gasteiger partial charge in [-0.3, -0.25) is 9.78 Å². The van der Waals surface area contributed by atoms with E-state index < -0.39 is 0 Å². The molecule has 0 atom stereocenters. The Morgan fingerprint density at radius 1 is 1.18 bits per heavy atom. The van der Waals surface area contributed by atoms with E-state index in [1.807, 2.05) is 42.4 Å². The lowest BCUT2D eigenvalue weighted by Crippen LogP contribution is -2.38. The van der Waals surface area contributed by atoms with Crippen LogP contribution in [0.3, 0.4) is 0 Å². The van der Waals surface area contributed by atoms with Gasteiger partial charge in [-0.1, -0.05) is 0 Å². The number of likely N-dealkylation sites (tertiary alicyclic amines) is 1. The summed E-state index contributed by atoms with van der Waals surface area (Å²) < 4.78 is 2.29. The van der Waals surface area contributed by atoms with Gasteiger partial charge in [-0.15, -0.1) is 11.3 Å². The van der Waals surface area contributed by atoms with E-state index in [4.69, 9.17) is 0 Å². The molecule has 1 aliphatic rings. The molecule has 0 saturated carbocycles.